The SMILES string of the molecule is O=C(OCc1ccc(Oc2ccc([N+](=O)[O-])cc2)cc1)c1cccc(N2C(=O)[C@@H]3CC=CC[C@H]3C2=O)c1. The number of carbonyl (C=O) groups excluding carboxylic acids is 3. The summed E-state index contributed by atoms with van der Waals surface area (Å²) in [7, 11) is 0. The number of imide groups is 1. The van der Waals surface area contributed by atoms with Crippen LogP contribution >= 0.6 is 0 Å². The third kappa shape index (κ3) is 4.97. The van der Waals surface area contributed by atoms with E-state index in [1.807, 2.05) is 12.2 Å². The third-order valence-electron chi connectivity index (χ3n) is 6.42. The molecule has 2 amide bonds. The van der Waals surface area contributed by atoms with Crippen molar-refractivity contribution in [1.82, 2.24) is 0 Å². The predicted molar refractivity (Wildman–Crippen MR) is 133 cm³/mol. The van der Waals surface area contributed by atoms with Gasteiger partial charge in [-0.15, -0.1) is 0 Å². The molecule has 2 atom stereocenters. The number of carbonyl (C=O) groups is 3. The van der Waals surface area contributed by atoms with Crippen molar-refractivity contribution in [1.29, 1.82) is 0 Å². The van der Waals surface area contributed by atoms with E-state index in [1.165, 1.54) is 35.2 Å². The summed E-state index contributed by atoms with van der Waals surface area (Å²) in [5.74, 6) is -0.767. The zero-order valence-corrected chi connectivity index (χ0v) is 19.6. The van der Waals surface area contributed by atoms with Crippen molar-refractivity contribution in [2.75, 3.05) is 4.90 Å². The van der Waals surface area contributed by atoms with Crippen LogP contribution in [-0.2, 0) is 20.9 Å². The van der Waals surface area contributed by atoms with Crippen LogP contribution in [0.2, 0.25) is 0 Å². The van der Waals surface area contributed by atoms with Gasteiger partial charge < -0.3 is 9.47 Å². The highest BCUT2D eigenvalue weighted by molar-refractivity contribution is 6.22. The quantitative estimate of drug-likeness (QED) is 0.145. The minimum Gasteiger partial charge on any atom is -0.457 e. The Morgan fingerprint density at radius 1 is 0.892 bits per heavy atom. The van der Waals surface area contributed by atoms with Gasteiger partial charge in [0.05, 0.1) is 28.0 Å². The van der Waals surface area contributed by atoms with Crippen molar-refractivity contribution in [2.45, 2.75) is 19.4 Å². The molecule has 1 aliphatic heterocycles. The number of hydrogen-bond acceptors (Lipinski definition) is 7. The Labute approximate surface area is 212 Å². The maximum atomic E-state index is 12.8. The largest absolute Gasteiger partial charge is 0.457 e. The van der Waals surface area contributed by atoms with Crippen molar-refractivity contribution in [3.8, 4) is 11.5 Å². The van der Waals surface area contributed by atoms with E-state index < -0.39 is 10.9 Å². The number of allylic oxidation sites excluding steroid dienone is 2. The fourth-order valence-electron chi connectivity index (χ4n) is 4.48. The highest BCUT2D eigenvalue weighted by Crippen LogP contribution is 2.37. The molecule has 186 valence electrons. The van der Waals surface area contributed by atoms with Gasteiger partial charge in [0.1, 0.15) is 18.1 Å². The number of rotatable bonds is 7. The highest BCUT2D eigenvalue weighted by Gasteiger charge is 2.47. The molecule has 9 heteroatoms. The monoisotopic (exact) mass is 498 g/mol. The molecular weight excluding hydrogens is 476 g/mol. The molecular formula is C28H22N2O7. The summed E-state index contributed by atoms with van der Waals surface area (Å²) in [6.45, 7) is 0.0122. The first kappa shape index (κ1) is 23.9. The number of nitro benzene ring substituents is 1. The second-order valence-electron chi connectivity index (χ2n) is 8.79. The van der Waals surface area contributed by atoms with Gasteiger partial charge in [0.15, 0.2) is 0 Å². The summed E-state index contributed by atoms with van der Waals surface area (Å²) in [6.07, 6.45) is 4.95. The smallest absolute Gasteiger partial charge is 0.338 e. The van der Waals surface area contributed by atoms with E-state index in [-0.39, 0.29) is 41.5 Å². The van der Waals surface area contributed by atoms with Gasteiger partial charge in [-0.2, -0.15) is 0 Å². The first-order chi connectivity index (χ1) is 17.9. The van der Waals surface area contributed by atoms with Crippen LogP contribution in [0.25, 0.3) is 0 Å². The average Bonchev–Trinajstić information content (AvgIpc) is 3.18. The fourth-order valence-corrected chi connectivity index (χ4v) is 4.48. The van der Waals surface area contributed by atoms with Gasteiger partial charge in [-0.05, 0) is 60.9 Å². The molecule has 1 aliphatic carbocycles. The lowest BCUT2D eigenvalue weighted by Crippen LogP contribution is -2.31. The maximum Gasteiger partial charge on any atom is 0.338 e. The van der Waals surface area contributed by atoms with Crippen LogP contribution in [0.15, 0.2) is 84.9 Å². The first-order valence-electron chi connectivity index (χ1n) is 11.7. The van der Waals surface area contributed by atoms with Gasteiger partial charge in [-0.1, -0.05) is 30.4 Å². The standard InChI is InChI=1S/C28H22N2O7/c31-26-24-6-1-2-7-25(24)27(32)29(26)21-5-3-4-19(16-21)28(33)36-17-18-8-12-22(13-9-18)37-23-14-10-20(11-15-23)30(34)35/h1-5,8-16,24-25H,6-7,17H2/t24-,25-/m1/s1. The van der Waals surface area contributed by atoms with Gasteiger partial charge in [-0.3, -0.25) is 24.6 Å². The average molecular weight is 498 g/mol. The molecule has 37 heavy (non-hydrogen) atoms. The Bertz CT molecular complexity index is 1370. The summed E-state index contributed by atoms with van der Waals surface area (Å²) in [6, 6.07) is 19.0. The molecule has 1 heterocycles. The maximum absolute atomic E-state index is 12.8. The van der Waals surface area contributed by atoms with Gasteiger partial charge in [0.25, 0.3) is 5.69 Å². The van der Waals surface area contributed by atoms with E-state index in [0.717, 1.165) is 5.56 Å². The molecule has 3 aromatic rings. The molecule has 2 aliphatic rings. The number of benzene rings is 3. The number of non-ortho nitro benzene ring substituents is 1. The molecule has 0 aromatic heterocycles. The van der Waals surface area contributed by atoms with Crippen LogP contribution in [0.4, 0.5) is 11.4 Å². The number of esters is 1. The Hall–Kier alpha value is -4.79. The van der Waals surface area contributed by atoms with E-state index >= 15 is 0 Å². The van der Waals surface area contributed by atoms with Crippen molar-refractivity contribution in [2.24, 2.45) is 11.8 Å². The van der Waals surface area contributed by atoms with Gasteiger partial charge >= 0.3 is 5.97 Å². The van der Waals surface area contributed by atoms with E-state index in [0.29, 0.717) is 30.0 Å². The molecule has 0 spiro atoms. The normalized spacial score (nSPS) is 18.4. The fraction of sp³-hybridized carbons (Fsp3) is 0.179. The third-order valence-corrected chi connectivity index (χ3v) is 6.42. The molecule has 1 fully saturated rings. The summed E-state index contributed by atoms with van der Waals surface area (Å²) in [5, 5.41) is 10.8. The lowest BCUT2D eigenvalue weighted by atomic mass is 9.85. The van der Waals surface area contributed by atoms with Crippen LogP contribution in [0, 0.1) is 22.0 Å². The molecule has 3 aromatic carbocycles. The van der Waals surface area contributed by atoms with E-state index in [9.17, 15) is 24.5 Å². The predicted octanol–water partition coefficient (Wildman–Crippen LogP) is 5.20. The Kier molecular flexibility index (Phi) is 6.51. The zero-order chi connectivity index (χ0) is 25.9. The summed E-state index contributed by atoms with van der Waals surface area (Å²) < 4.78 is 11.1. The van der Waals surface area contributed by atoms with Crippen molar-refractivity contribution >= 4 is 29.2 Å². The topological polar surface area (TPSA) is 116 Å². The van der Waals surface area contributed by atoms with E-state index in [4.69, 9.17) is 9.47 Å². The number of fused-ring (bicyclic) bond motifs is 1. The van der Waals surface area contributed by atoms with Gasteiger partial charge in [0.2, 0.25) is 11.8 Å². The van der Waals surface area contributed by atoms with Crippen LogP contribution < -0.4 is 9.64 Å². The summed E-state index contributed by atoms with van der Waals surface area (Å²) in [4.78, 5) is 49.8. The van der Waals surface area contributed by atoms with Crippen molar-refractivity contribution in [3.05, 3.63) is 106 Å². The second kappa shape index (κ2) is 10.1. The molecule has 5 rings (SSSR count). The van der Waals surface area contributed by atoms with E-state index in [1.54, 1.807) is 42.5 Å². The minimum atomic E-state index is -0.578. The van der Waals surface area contributed by atoms with Gasteiger partial charge in [-0.25, -0.2) is 4.79 Å². The zero-order valence-electron chi connectivity index (χ0n) is 19.6. The Morgan fingerprint density at radius 2 is 1.49 bits per heavy atom. The summed E-state index contributed by atoms with van der Waals surface area (Å²) >= 11 is 0. The lowest BCUT2D eigenvalue weighted by Gasteiger charge is -2.15. The molecule has 0 unspecified atom stereocenters. The van der Waals surface area contributed by atoms with Crippen molar-refractivity contribution < 1.29 is 28.8 Å². The molecule has 9 nitrogen and oxygen atoms in total. The molecule has 0 bridgehead atoms. The van der Waals surface area contributed by atoms with Gasteiger partial charge in [0, 0.05) is 12.1 Å². The van der Waals surface area contributed by atoms with Crippen LogP contribution in [0.3, 0.4) is 0 Å². The lowest BCUT2D eigenvalue weighted by molar-refractivity contribution is -0.384. The summed E-state index contributed by atoms with van der Waals surface area (Å²) in [5.41, 5.74) is 1.31. The number of hydrogen-bond donors (Lipinski definition) is 0. The number of anilines is 1. The highest BCUT2D eigenvalue weighted by atomic mass is 16.6. The second-order valence-corrected chi connectivity index (χ2v) is 8.79. The Morgan fingerprint density at radius 3 is 2.08 bits per heavy atom. The minimum absolute atomic E-state index is 0.0122. The first-order valence-corrected chi connectivity index (χ1v) is 11.7. The number of nitrogens with zero attached hydrogens (tertiary/aromatic N) is 2. The number of ether oxygens (including phenoxy) is 2. The van der Waals surface area contributed by atoms with Crippen LogP contribution in [0.1, 0.15) is 28.8 Å². The van der Waals surface area contributed by atoms with Crippen LogP contribution in [-0.4, -0.2) is 22.7 Å². The Balaban J connectivity index is 1.20. The molecule has 0 N–H and O–H groups in total. The molecule has 1 saturated heterocycles. The van der Waals surface area contributed by atoms with Crippen molar-refractivity contribution in [3.63, 3.8) is 0 Å². The number of nitro groups is 1. The molecule has 0 radical (unpaired) electrons. The molecule has 0 saturated carbocycles. The van der Waals surface area contributed by atoms with E-state index in [2.05, 4.69) is 0 Å². The van der Waals surface area contributed by atoms with Crippen LogP contribution in [0.5, 0.6) is 11.5 Å². The number of amides is 2.